The molecule has 0 saturated heterocycles. The van der Waals surface area contributed by atoms with Gasteiger partial charge in [0.25, 0.3) is 0 Å². The number of benzene rings is 1. The van der Waals surface area contributed by atoms with Crippen molar-refractivity contribution in [2.24, 2.45) is 0 Å². The van der Waals surface area contributed by atoms with Crippen LogP contribution in [0.25, 0.3) is 10.9 Å². The van der Waals surface area contributed by atoms with Crippen LogP contribution in [0.15, 0.2) is 30.3 Å². The van der Waals surface area contributed by atoms with Gasteiger partial charge >= 0.3 is 0 Å². The molecule has 0 atom stereocenters. The van der Waals surface area contributed by atoms with Gasteiger partial charge in [-0.3, -0.25) is 0 Å². The number of methoxy groups -OCH3 is 1. The number of ether oxygens (including phenoxy) is 2. The number of aromatic nitrogens is 1. The Labute approximate surface area is 126 Å². The third-order valence-corrected chi connectivity index (χ3v) is 3.22. The Balaban J connectivity index is 1.88. The molecule has 1 N–H and O–H groups in total. The van der Waals surface area contributed by atoms with Crippen molar-refractivity contribution in [2.75, 3.05) is 20.3 Å². The van der Waals surface area contributed by atoms with Crippen molar-refractivity contribution in [2.45, 2.75) is 32.9 Å². The molecule has 0 saturated carbocycles. The fourth-order valence-corrected chi connectivity index (χ4v) is 2.16. The van der Waals surface area contributed by atoms with Crippen molar-refractivity contribution in [3.63, 3.8) is 0 Å². The molecule has 0 fully saturated rings. The van der Waals surface area contributed by atoms with Crippen molar-refractivity contribution in [3.05, 3.63) is 36.0 Å². The minimum atomic E-state index is 0.305. The van der Waals surface area contributed by atoms with Gasteiger partial charge in [0.2, 0.25) is 0 Å². The number of para-hydroxylation sites is 1. The van der Waals surface area contributed by atoms with Crippen molar-refractivity contribution in [1.82, 2.24) is 10.3 Å². The zero-order valence-electron chi connectivity index (χ0n) is 13.1. The van der Waals surface area contributed by atoms with Crippen LogP contribution in [-0.4, -0.2) is 31.3 Å². The molecule has 0 bridgehead atoms. The van der Waals surface area contributed by atoms with Gasteiger partial charge in [0, 0.05) is 18.5 Å². The van der Waals surface area contributed by atoms with Gasteiger partial charge in [0.05, 0.1) is 18.9 Å². The number of hydrogen-bond donors (Lipinski definition) is 1. The van der Waals surface area contributed by atoms with Gasteiger partial charge in [-0.05, 0) is 38.9 Å². The summed E-state index contributed by atoms with van der Waals surface area (Å²) in [5, 5.41) is 4.49. The summed E-state index contributed by atoms with van der Waals surface area (Å²) < 4.78 is 10.9. The first-order valence-electron chi connectivity index (χ1n) is 7.45. The molecule has 0 radical (unpaired) electrons. The molecule has 1 aromatic heterocycles. The van der Waals surface area contributed by atoms with Crippen LogP contribution >= 0.6 is 0 Å². The molecule has 0 amide bonds. The molecule has 21 heavy (non-hydrogen) atoms. The quantitative estimate of drug-likeness (QED) is 0.758. The molecule has 0 unspecified atom stereocenters. The van der Waals surface area contributed by atoms with E-state index in [4.69, 9.17) is 9.47 Å². The van der Waals surface area contributed by atoms with E-state index < -0.39 is 0 Å². The second-order valence-corrected chi connectivity index (χ2v) is 5.28. The lowest BCUT2D eigenvalue weighted by atomic mass is 10.2. The summed E-state index contributed by atoms with van der Waals surface area (Å²) >= 11 is 0. The largest absolute Gasteiger partial charge is 0.494 e. The minimum absolute atomic E-state index is 0.305. The number of rotatable bonds is 8. The van der Waals surface area contributed by atoms with Crippen molar-refractivity contribution in [1.29, 1.82) is 0 Å². The van der Waals surface area contributed by atoms with Crippen LogP contribution in [-0.2, 0) is 11.3 Å². The molecule has 1 heterocycles. The molecule has 0 aliphatic carbocycles. The molecule has 0 spiro atoms. The summed E-state index contributed by atoms with van der Waals surface area (Å²) in [7, 11) is 1.68. The third-order valence-electron chi connectivity index (χ3n) is 3.22. The topological polar surface area (TPSA) is 43.4 Å². The molecule has 0 aliphatic heterocycles. The van der Waals surface area contributed by atoms with Gasteiger partial charge in [0.15, 0.2) is 0 Å². The van der Waals surface area contributed by atoms with Crippen LogP contribution in [0.5, 0.6) is 5.75 Å². The number of fused-ring (bicyclic) bond motifs is 1. The highest BCUT2D eigenvalue weighted by molar-refractivity contribution is 5.84. The number of nitrogens with zero attached hydrogens (tertiary/aromatic N) is 1. The zero-order chi connectivity index (χ0) is 15.1. The van der Waals surface area contributed by atoms with Crippen molar-refractivity contribution < 1.29 is 9.47 Å². The van der Waals surface area contributed by atoms with E-state index in [2.05, 4.69) is 36.3 Å². The van der Waals surface area contributed by atoms with Gasteiger partial charge in [-0.2, -0.15) is 0 Å². The predicted octanol–water partition coefficient (Wildman–Crippen LogP) is 3.15. The molecule has 2 aromatic rings. The molecular weight excluding hydrogens is 264 g/mol. The predicted molar refractivity (Wildman–Crippen MR) is 85.7 cm³/mol. The Morgan fingerprint density at radius 2 is 2.05 bits per heavy atom. The minimum Gasteiger partial charge on any atom is -0.494 e. The number of pyridine rings is 1. The normalized spacial score (nSPS) is 11.2. The Morgan fingerprint density at radius 3 is 2.81 bits per heavy atom. The van der Waals surface area contributed by atoms with Gasteiger partial charge in [-0.15, -0.1) is 0 Å². The van der Waals surface area contributed by atoms with Crippen LogP contribution < -0.4 is 10.1 Å². The van der Waals surface area contributed by atoms with Gasteiger partial charge in [-0.25, -0.2) is 4.98 Å². The van der Waals surface area contributed by atoms with E-state index in [0.29, 0.717) is 6.10 Å². The van der Waals surface area contributed by atoms with E-state index in [1.165, 1.54) is 0 Å². The van der Waals surface area contributed by atoms with E-state index >= 15 is 0 Å². The highest BCUT2D eigenvalue weighted by Crippen LogP contribution is 2.23. The lowest BCUT2D eigenvalue weighted by Crippen LogP contribution is -2.18. The molecule has 4 heteroatoms. The van der Waals surface area contributed by atoms with E-state index in [1.54, 1.807) is 7.11 Å². The zero-order valence-corrected chi connectivity index (χ0v) is 13.1. The standard InChI is InChI=1S/C17H24N2O2/c1-13(2)21-11-5-10-18-12-15-9-8-14-6-4-7-16(20-3)17(14)19-15/h4,6-9,13,18H,5,10-12H2,1-3H3. The van der Waals surface area contributed by atoms with Crippen LogP contribution in [0.4, 0.5) is 0 Å². The summed E-state index contributed by atoms with van der Waals surface area (Å²) in [6.07, 6.45) is 1.31. The summed E-state index contributed by atoms with van der Waals surface area (Å²) in [5.74, 6) is 0.819. The maximum absolute atomic E-state index is 5.51. The smallest absolute Gasteiger partial charge is 0.145 e. The lowest BCUT2D eigenvalue weighted by Gasteiger charge is -2.09. The Morgan fingerprint density at radius 1 is 1.19 bits per heavy atom. The Hall–Kier alpha value is -1.65. The molecule has 1 aromatic carbocycles. The van der Waals surface area contributed by atoms with Gasteiger partial charge in [-0.1, -0.05) is 18.2 Å². The van der Waals surface area contributed by atoms with E-state index in [1.807, 2.05) is 18.2 Å². The van der Waals surface area contributed by atoms with Crippen LogP contribution in [0.1, 0.15) is 26.0 Å². The second-order valence-electron chi connectivity index (χ2n) is 5.28. The van der Waals surface area contributed by atoms with Crippen molar-refractivity contribution >= 4 is 10.9 Å². The summed E-state index contributed by atoms with van der Waals surface area (Å²) in [6, 6.07) is 10.1. The first kappa shape index (κ1) is 15.7. The highest BCUT2D eigenvalue weighted by Gasteiger charge is 2.03. The third kappa shape index (κ3) is 4.69. The fraction of sp³-hybridized carbons (Fsp3) is 0.471. The fourth-order valence-electron chi connectivity index (χ4n) is 2.16. The molecule has 4 nitrogen and oxygen atoms in total. The summed E-state index contributed by atoms with van der Waals surface area (Å²) in [5.41, 5.74) is 1.94. The summed E-state index contributed by atoms with van der Waals surface area (Å²) in [4.78, 5) is 4.67. The lowest BCUT2D eigenvalue weighted by molar-refractivity contribution is 0.0770. The van der Waals surface area contributed by atoms with Crippen LogP contribution in [0.2, 0.25) is 0 Å². The second kappa shape index (κ2) is 7.96. The molecule has 114 valence electrons. The van der Waals surface area contributed by atoms with Gasteiger partial charge in [0.1, 0.15) is 11.3 Å². The maximum atomic E-state index is 5.51. The Bertz CT molecular complexity index is 570. The van der Waals surface area contributed by atoms with Crippen LogP contribution in [0.3, 0.4) is 0 Å². The van der Waals surface area contributed by atoms with Crippen LogP contribution in [0, 0.1) is 0 Å². The van der Waals surface area contributed by atoms with E-state index in [0.717, 1.165) is 48.5 Å². The highest BCUT2D eigenvalue weighted by atomic mass is 16.5. The first-order valence-corrected chi connectivity index (χ1v) is 7.45. The van der Waals surface area contributed by atoms with Gasteiger partial charge < -0.3 is 14.8 Å². The number of nitrogens with one attached hydrogen (secondary N) is 1. The summed E-state index contributed by atoms with van der Waals surface area (Å²) in [6.45, 7) is 6.59. The van der Waals surface area contributed by atoms with Crippen molar-refractivity contribution in [3.8, 4) is 5.75 Å². The Kier molecular flexibility index (Phi) is 5.96. The monoisotopic (exact) mass is 288 g/mol. The van der Waals surface area contributed by atoms with E-state index in [-0.39, 0.29) is 0 Å². The molecular formula is C17H24N2O2. The molecule has 2 rings (SSSR count). The number of hydrogen-bond acceptors (Lipinski definition) is 4. The average Bonchev–Trinajstić information content (AvgIpc) is 2.49. The SMILES string of the molecule is COc1cccc2ccc(CNCCCOC(C)C)nc12. The average molecular weight is 288 g/mol. The van der Waals surface area contributed by atoms with E-state index in [9.17, 15) is 0 Å². The maximum Gasteiger partial charge on any atom is 0.145 e. The first-order chi connectivity index (χ1) is 10.2. The molecule has 0 aliphatic rings.